The van der Waals surface area contributed by atoms with Gasteiger partial charge in [-0.2, -0.15) is 4.31 Å². The van der Waals surface area contributed by atoms with Crippen molar-refractivity contribution in [3.05, 3.63) is 0 Å². The van der Waals surface area contributed by atoms with Crippen LogP contribution in [0.1, 0.15) is 12.8 Å². The van der Waals surface area contributed by atoms with Gasteiger partial charge in [0.2, 0.25) is 10.0 Å². The number of nitrogens with zero attached hydrogens (tertiary/aromatic N) is 1. The predicted molar refractivity (Wildman–Crippen MR) is 55.4 cm³/mol. The largest absolute Gasteiger partial charge is 0.395 e. The lowest BCUT2D eigenvalue weighted by Gasteiger charge is -2.21. The number of hydrogen-bond donors (Lipinski definition) is 1. The minimum absolute atomic E-state index is 0.261. The summed E-state index contributed by atoms with van der Waals surface area (Å²) >= 11 is 0. The molecule has 0 radical (unpaired) electrons. The van der Waals surface area contributed by atoms with Gasteiger partial charge < -0.3 is 5.11 Å². The molecule has 0 aromatic heterocycles. The maximum Gasteiger partial charge on any atom is 0.228 e. The molecule has 15 heavy (non-hydrogen) atoms. The van der Waals surface area contributed by atoms with Crippen molar-refractivity contribution in [3.8, 4) is 0 Å². The van der Waals surface area contributed by atoms with Crippen LogP contribution in [0.2, 0.25) is 0 Å². The quantitative estimate of drug-likeness (QED) is 0.681. The topological polar surface area (TPSA) is 91.8 Å². The molecule has 0 aliphatic carbocycles. The van der Waals surface area contributed by atoms with Crippen LogP contribution in [0.4, 0.5) is 0 Å². The second-order valence-corrected chi connectivity index (χ2v) is 8.17. The standard InChI is InChI=1S/C7H15NO5S2/c1-14(10,11)6-15(12,13)8-4-2-3-7(8)5-9/h7,9H,2-6H2,1H3/t7-/m1/s1. The van der Waals surface area contributed by atoms with E-state index in [-0.39, 0.29) is 6.61 Å². The Labute approximate surface area is 89.9 Å². The fourth-order valence-corrected chi connectivity index (χ4v) is 5.44. The van der Waals surface area contributed by atoms with Crippen LogP contribution in [-0.4, -0.2) is 56.8 Å². The first kappa shape index (κ1) is 12.9. The molecule has 1 aliphatic rings. The third kappa shape index (κ3) is 3.40. The molecule has 1 fully saturated rings. The molecule has 0 amide bonds. The van der Waals surface area contributed by atoms with Gasteiger partial charge in [-0.3, -0.25) is 0 Å². The van der Waals surface area contributed by atoms with E-state index in [1.807, 2.05) is 0 Å². The molecular formula is C7H15NO5S2. The van der Waals surface area contributed by atoms with Gasteiger partial charge in [0.25, 0.3) is 0 Å². The molecule has 1 atom stereocenters. The van der Waals surface area contributed by atoms with E-state index >= 15 is 0 Å². The average Bonchev–Trinajstić information content (AvgIpc) is 2.46. The predicted octanol–water partition coefficient (Wildman–Crippen LogP) is -1.22. The van der Waals surface area contributed by atoms with Crippen molar-refractivity contribution in [2.24, 2.45) is 0 Å². The Hall–Kier alpha value is -0.180. The highest BCUT2D eigenvalue weighted by atomic mass is 32.3. The van der Waals surface area contributed by atoms with Crippen LogP contribution in [0.5, 0.6) is 0 Å². The summed E-state index contributed by atoms with van der Waals surface area (Å²) in [4.78, 5) is 0. The zero-order valence-corrected chi connectivity index (χ0v) is 10.1. The Balaban J connectivity index is 2.87. The molecule has 0 unspecified atom stereocenters. The monoisotopic (exact) mass is 257 g/mol. The van der Waals surface area contributed by atoms with Crippen LogP contribution < -0.4 is 0 Å². The molecule has 0 aromatic carbocycles. The lowest BCUT2D eigenvalue weighted by Crippen LogP contribution is -2.40. The number of aliphatic hydroxyl groups excluding tert-OH is 1. The molecule has 0 bridgehead atoms. The van der Waals surface area contributed by atoms with Crippen molar-refractivity contribution in [1.82, 2.24) is 4.31 Å². The van der Waals surface area contributed by atoms with E-state index in [4.69, 9.17) is 5.11 Å². The Kier molecular flexibility index (Phi) is 3.75. The van der Waals surface area contributed by atoms with E-state index in [1.165, 1.54) is 0 Å². The fraction of sp³-hybridized carbons (Fsp3) is 1.00. The Morgan fingerprint density at radius 2 is 1.93 bits per heavy atom. The van der Waals surface area contributed by atoms with Crippen LogP contribution in [0.15, 0.2) is 0 Å². The van der Waals surface area contributed by atoms with E-state index in [0.29, 0.717) is 19.4 Å². The highest BCUT2D eigenvalue weighted by Gasteiger charge is 2.35. The zero-order valence-electron chi connectivity index (χ0n) is 8.46. The van der Waals surface area contributed by atoms with E-state index in [2.05, 4.69) is 0 Å². The van der Waals surface area contributed by atoms with E-state index < -0.39 is 31.0 Å². The molecule has 1 rings (SSSR count). The van der Waals surface area contributed by atoms with E-state index in [9.17, 15) is 16.8 Å². The average molecular weight is 257 g/mol. The summed E-state index contributed by atoms with van der Waals surface area (Å²) in [6, 6.07) is -0.461. The van der Waals surface area contributed by atoms with Crippen molar-refractivity contribution in [3.63, 3.8) is 0 Å². The van der Waals surface area contributed by atoms with Gasteiger partial charge in [0.05, 0.1) is 6.61 Å². The molecule has 90 valence electrons. The van der Waals surface area contributed by atoms with Crippen molar-refractivity contribution in [1.29, 1.82) is 0 Å². The smallest absolute Gasteiger partial charge is 0.228 e. The first-order valence-electron chi connectivity index (χ1n) is 4.54. The molecule has 0 aromatic rings. The molecule has 1 N–H and O–H groups in total. The normalized spacial score (nSPS) is 24.5. The Morgan fingerprint density at radius 1 is 1.33 bits per heavy atom. The highest BCUT2D eigenvalue weighted by Crippen LogP contribution is 2.21. The first-order chi connectivity index (χ1) is 6.76. The number of sulfonamides is 1. The van der Waals surface area contributed by atoms with Gasteiger partial charge in [-0.15, -0.1) is 0 Å². The van der Waals surface area contributed by atoms with Crippen molar-refractivity contribution in [2.75, 3.05) is 24.5 Å². The van der Waals surface area contributed by atoms with E-state index in [0.717, 1.165) is 10.6 Å². The summed E-state index contributed by atoms with van der Waals surface area (Å²) in [5.74, 6) is 0. The van der Waals surface area contributed by atoms with Crippen LogP contribution in [0, 0.1) is 0 Å². The van der Waals surface area contributed by atoms with Gasteiger partial charge >= 0.3 is 0 Å². The van der Waals surface area contributed by atoms with Crippen molar-refractivity contribution >= 4 is 19.9 Å². The molecule has 6 nitrogen and oxygen atoms in total. The minimum atomic E-state index is -3.79. The molecule has 1 heterocycles. The van der Waals surface area contributed by atoms with Crippen LogP contribution >= 0.6 is 0 Å². The molecule has 0 saturated carbocycles. The summed E-state index contributed by atoms with van der Waals surface area (Å²) in [7, 11) is -7.36. The first-order valence-corrected chi connectivity index (χ1v) is 8.21. The van der Waals surface area contributed by atoms with Crippen LogP contribution in [0.3, 0.4) is 0 Å². The molecule has 1 saturated heterocycles. The maximum atomic E-state index is 11.7. The number of sulfone groups is 1. The van der Waals surface area contributed by atoms with Crippen LogP contribution in [-0.2, 0) is 19.9 Å². The minimum Gasteiger partial charge on any atom is -0.395 e. The van der Waals surface area contributed by atoms with Crippen molar-refractivity contribution < 1.29 is 21.9 Å². The number of rotatable bonds is 4. The lowest BCUT2D eigenvalue weighted by molar-refractivity contribution is 0.214. The van der Waals surface area contributed by atoms with Gasteiger partial charge in [0, 0.05) is 18.8 Å². The summed E-state index contributed by atoms with van der Waals surface area (Å²) in [5, 5.41) is 8.06. The highest BCUT2D eigenvalue weighted by molar-refractivity contribution is 8.06. The molecular weight excluding hydrogens is 242 g/mol. The van der Waals surface area contributed by atoms with Gasteiger partial charge in [-0.1, -0.05) is 0 Å². The van der Waals surface area contributed by atoms with Gasteiger partial charge in [0.1, 0.15) is 0 Å². The number of aliphatic hydroxyl groups is 1. The SMILES string of the molecule is CS(=O)(=O)CS(=O)(=O)N1CCC[C@@H]1CO. The molecule has 1 aliphatic heterocycles. The fourth-order valence-electron chi connectivity index (χ4n) is 1.70. The van der Waals surface area contributed by atoms with Gasteiger partial charge in [-0.25, -0.2) is 16.8 Å². The Bertz CT molecular complexity index is 413. The van der Waals surface area contributed by atoms with Crippen molar-refractivity contribution in [2.45, 2.75) is 18.9 Å². The zero-order chi connectivity index (χ0) is 11.7. The molecule has 8 heteroatoms. The van der Waals surface area contributed by atoms with E-state index in [1.54, 1.807) is 0 Å². The summed E-state index contributed by atoms with van der Waals surface area (Å²) in [6.07, 6.45) is 2.13. The summed E-state index contributed by atoms with van der Waals surface area (Å²) in [6.45, 7) is 0.0338. The molecule has 0 spiro atoms. The second kappa shape index (κ2) is 4.36. The maximum absolute atomic E-state index is 11.7. The third-order valence-electron chi connectivity index (χ3n) is 2.25. The Morgan fingerprint density at radius 3 is 2.40 bits per heavy atom. The third-order valence-corrected chi connectivity index (χ3v) is 6.35. The summed E-state index contributed by atoms with van der Waals surface area (Å²) < 4.78 is 46.3. The van der Waals surface area contributed by atoms with Crippen LogP contribution in [0.25, 0.3) is 0 Å². The second-order valence-electron chi connectivity index (χ2n) is 3.74. The van der Waals surface area contributed by atoms with Gasteiger partial charge in [-0.05, 0) is 12.8 Å². The lowest BCUT2D eigenvalue weighted by atomic mass is 10.2. The van der Waals surface area contributed by atoms with Gasteiger partial charge in [0.15, 0.2) is 14.9 Å². The summed E-state index contributed by atoms with van der Waals surface area (Å²) in [5.41, 5.74) is 0. The number of hydrogen-bond acceptors (Lipinski definition) is 5.